The Hall–Kier alpha value is -2.21. The minimum Gasteiger partial charge on any atom is -0.326 e. The smallest absolute Gasteiger partial charge is 0.275 e. The highest BCUT2D eigenvalue weighted by molar-refractivity contribution is 7.07. The van der Waals surface area contributed by atoms with Crippen LogP contribution in [0.1, 0.15) is 30.8 Å². The van der Waals surface area contributed by atoms with E-state index in [0.717, 1.165) is 0 Å². The number of thiazole rings is 1. The van der Waals surface area contributed by atoms with Crippen LogP contribution in [-0.2, 0) is 4.79 Å². The van der Waals surface area contributed by atoms with Crippen molar-refractivity contribution in [2.45, 2.75) is 20.3 Å². The van der Waals surface area contributed by atoms with E-state index >= 15 is 0 Å². The van der Waals surface area contributed by atoms with Gasteiger partial charge in [-0.3, -0.25) is 9.59 Å². The molecule has 0 aliphatic rings. The topological polar surface area (TPSA) is 71.1 Å². The lowest BCUT2D eigenvalue weighted by atomic mass is 10.1. The lowest BCUT2D eigenvalue weighted by molar-refractivity contribution is -0.116. The van der Waals surface area contributed by atoms with Gasteiger partial charge in [0, 0.05) is 23.2 Å². The van der Waals surface area contributed by atoms with Gasteiger partial charge in [0.2, 0.25) is 5.91 Å². The van der Waals surface area contributed by atoms with E-state index in [0.29, 0.717) is 29.4 Å². The lowest BCUT2D eigenvalue weighted by Gasteiger charge is -2.08. The third kappa shape index (κ3) is 4.68. The van der Waals surface area contributed by atoms with Crippen LogP contribution >= 0.6 is 11.3 Å². The second kappa shape index (κ2) is 6.99. The van der Waals surface area contributed by atoms with Gasteiger partial charge in [-0.2, -0.15) is 0 Å². The minimum atomic E-state index is -0.243. The Bertz CT molecular complexity index is 606. The number of amides is 2. The Kier molecular flexibility index (Phi) is 5.05. The molecule has 0 fully saturated rings. The molecule has 21 heavy (non-hydrogen) atoms. The number of carbonyl (C=O) groups excluding carboxylic acids is 2. The Morgan fingerprint density at radius 2 is 1.76 bits per heavy atom. The monoisotopic (exact) mass is 303 g/mol. The van der Waals surface area contributed by atoms with Crippen molar-refractivity contribution in [3.8, 4) is 0 Å². The highest BCUT2D eigenvalue weighted by Gasteiger charge is 2.08. The summed E-state index contributed by atoms with van der Waals surface area (Å²) in [5.74, 6) is 0.0683. The van der Waals surface area contributed by atoms with Crippen LogP contribution in [0.5, 0.6) is 0 Å². The maximum Gasteiger partial charge on any atom is 0.275 e. The fraction of sp³-hybridized carbons (Fsp3) is 0.267. The van der Waals surface area contributed by atoms with Gasteiger partial charge in [0.1, 0.15) is 5.69 Å². The van der Waals surface area contributed by atoms with Crippen LogP contribution < -0.4 is 10.6 Å². The summed E-state index contributed by atoms with van der Waals surface area (Å²) in [5, 5.41) is 7.26. The van der Waals surface area contributed by atoms with Crippen LogP contribution in [-0.4, -0.2) is 16.8 Å². The fourth-order valence-corrected chi connectivity index (χ4v) is 2.27. The molecule has 5 nitrogen and oxygen atoms in total. The predicted molar refractivity (Wildman–Crippen MR) is 84.6 cm³/mol. The normalized spacial score (nSPS) is 10.4. The Labute approximate surface area is 127 Å². The average Bonchev–Trinajstić information content (AvgIpc) is 2.94. The van der Waals surface area contributed by atoms with Crippen molar-refractivity contribution in [1.29, 1.82) is 0 Å². The Balaban J connectivity index is 1.93. The van der Waals surface area contributed by atoms with Gasteiger partial charge < -0.3 is 10.6 Å². The van der Waals surface area contributed by atoms with E-state index in [1.807, 2.05) is 13.8 Å². The van der Waals surface area contributed by atoms with Gasteiger partial charge >= 0.3 is 0 Å². The number of aromatic nitrogens is 1. The summed E-state index contributed by atoms with van der Waals surface area (Å²) in [6, 6.07) is 7.01. The largest absolute Gasteiger partial charge is 0.326 e. The van der Waals surface area contributed by atoms with Crippen LogP contribution in [0.2, 0.25) is 0 Å². The molecular formula is C15H17N3O2S. The maximum absolute atomic E-state index is 11.8. The number of benzene rings is 1. The zero-order valence-electron chi connectivity index (χ0n) is 11.9. The zero-order chi connectivity index (χ0) is 15.2. The van der Waals surface area contributed by atoms with Crippen molar-refractivity contribution < 1.29 is 9.59 Å². The number of anilines is 2. The van der Waals surface area contributed by atoms with Crippen molar-refractivity contribution in [2.75, 3.05) is 10.6 Å². The number of nitrogens with zero attached hydrogens (tertiary/aromatic N) is 1. The second-order valence-corrected chi connectivity index (χ2v) is 5.77. The molecule has 2 rings (SSSR count). The predicted octanol–water partition coefficient (Wildman–Crippen LogP) is 3.38. The van der Waals surface area contributed by atoms with Gasteiger partial charge in [0.15, 0.2) is 0 Å². The summed E-state index contributed by atoms with van der Waals surface area (Å²) in [7, 11) is 0. The standard InChI is InChI=1S/C15H17N3O2S/c1-10(2)7-14(19)17-11-3-5-12(6-4-11)18-15(20)13-8-21-9-16-13/h3-6,8-10H,7H2,1-2H3,(H,17,19)(H,18,20). The van der Waals surface area contributed by atoms with Gasteiger partial charge in [-0.15, -0.1) is 11.3 Å². The fourth-order valence-electron chi connectivity index (χ4n) is 1.74. The van der Waals surface area contributed by atoms with E-state index in [1.54, 1.807) is 35.2 Å². The molecule has 2 amide bonds. The van der Waals surface area contributed by atoms with Gasteiger partial charge in [0.05, 0.1) is 5.51 Å². The van der Waals surface area contributed by atoms with Crippen molar-refractivity contribution in [3.63, 3.8) is 0 Å². The van der Waals surface area contributed by atoms with E-state index in [1.165, 1.54) is 11.3 Å². The first-order valence-corrected chi connectivity index (χ1v) is 7.58. The van der Waals surface area contributed by atoms with E-state index in [9.17, 15) is 9.59 Å². The van der Waals surface area contributed by atoms with Crippen LogP contribution in [0.4, 0.5) is 11.4 Å². The molecule has 0 aliphatic heterocycles. The number of hydrogen-bond acceptors (Lipinski definition) is 4. The molecule has 0 unspecified atom stereocenters. The molecular weight excluding hydrogens is 286 g/mol. The summed E-state index contributed by atoms with van der Waals surface area (Å²) in [6.07, 6.45) is 0.488. The SMILES string of the molecule is CC(C)CC(=O)Nc1ccc(NC(=O)c2cscn2)cc1. The molecule has 1 heterocycles. The highest BCUT2D eigenvalue weighted by atomic mass is 32.1. The number of carbonyl (C=O) groups is 2. The lowest BCUT2D eigenvalue weighted by Crippen LogP contribution is -2.14. The highest BCUT2D eigenvalue weighted by Crippen LogP contribution is 2.15. The van der Waals surface area contributed by atoms with Crippen molar-refractivity contribution in [2.24, 2.45) is 5.92 Å². The van der Waals surface area contributed by atoms with E-state index in [4.69, 9.17) is 0 Å². The Morgan fingerprint density at radius 3 is 2.29 bits per heavy atom. The molecule has 0 saturated carbocycles. The van der Waals surface area contributed by atoms with Gasteiger partial charge in [0.25, 0.3) is 5.91 Å². The van der Waals surface area contributed by atoms with Crippen LogP contribution in [0.25, 0.3) is 0 Å². The minimum absolute atomic E-state index is 0.00995. The van der Waals surface area contributed by atoms with E-state index < -0.39 is 0 Å². The summed E-state index contributed by atoms with van der Waals surface area (Å²) in [5.41, 5.74) is 3.39. The van der Waals surface area contributed by atoms with E-state index in [2.05, 4.69) is 15.6 Å². The zero-order valence-corrected chi connectivity index (χ0v) is 12.7. The molecule has 2 N–H and O–H groups in total. The van der Waals surface area contributed by atoms with Gasteiger partial charge in [-0.1, -0.05) is 13.8 Å². The third-order valence-electron chi connectivity index (χ3n) is 2.69. The maximum atomic E-state index is 11.8. The van der Waals surface area contributed by atoms with Gasteiger partial charge in [-0.25, -0.2) is 4.98 Å². The molecule has 0 aliphatic carbocycles. The molecule has 0 saturated heterocycles. The number of hydrogen-bond donors (Lipinski definition) is 2. The molecule has 0 radical (unpaired) electrons. The average molecular weight is 303 g/mol. The van der Waals surface area contributed by atoms with Gasteiger partial charge in [-0.05, 0) is 30.2 Å². The van der Waals surface area contributed by atoms with Crippen LogP contribution in [0.15, 0.2) is 35.2 Å². The summed E-state index contributed by atoms with van der Waals surface area (Å²) in [4.78, 5) is 27.4. The van der Waals surface area contributed by atoms with Crippen molar-refractivity contribution in [1.82, 2.24) is 4.98 Å². The number of rotatable bonds is 5. The summed E-state index contributed by atoms with van der Waals surface area (Å²) < 4.78 is 0. The first-order chi connectivity index (χ1) is 10.0. The first kappa shape index (κ1) is 15.2. The summed E-state index contributed by atoms with van der Waals surface area (Å²) in [6.45, 7) is 3.99. The van der Waals surface area contributed by atoms with E-state index in [-0.39, 0.29) is 11.8 Å². The van der Waals surface area contributed by atoms with Crippen LogP contribution in [0.3, 0.4) is 0 Å². The molecule has 1 aromatic carbocycles. The molecule has 2 aromatic rings. The second-order valence-electron chi connectivity index (χ2n) is 5.05. The first-order valence-electron chi connectivity index (χ1n) is 6.64. The molecule has 1 aromatic heterocycles. The quantitative estimate of drug-likeness (QED) is 0.889. The summed E-state index contributed by atoms with van der Waals surface area (Å²) >= 11 is 1.37. The number of nitrogens with one attached hydrogen (secondary N) is 2. The van der Waals surface area contributed by atoms with Crippen LogP contribution in [0, 0.1) is 5.92 Å². The molecule has 110 valence electrons. The molecule has 0 atom stereocenters. The van der Waals surface area contributed by atoms with Crippen molar-refractivity contribution >= 4 is 34.5 Å². The molecule has 6 heteroatoms. The van der Waals surface area contributed by atoms with Crippen molar-refractivity contribution in [3.05, 3.63) is 40.8 Å². The molecule has 0 bridgehead atoms. The Morgan fingerprint density at radius 1 is 1.14 bits per heavy atom. The molecule has 0 spiro atoms. The third-order valence-corrected chi connectivity index (χ3v) is 3.27.